The third-order valence-corrected chi connectivity index (χ3v) is 3.42. The van der Waals surface area contributed by atoms with Gasteiger partial charge in [-0.2, -0.15) is 0 Å². The topological polar surface area (TPSA) is 50.7 Å². The van der Waals surface area contributed by atoms with Crippen molar-refractivity contribution < 1.29 is 14.6 Å². The van der Waals surface area contributed by atoms with E-state index in [-0.39, 0.29) is 6.04 Å². The fourth-order valence-corrected chi connectivity index (χ4v) is 2.24. The van der Waals surface area contributed by atoms with Gasteiger partial charge in [0.1, 0.15) is 5.75 Å². The largest absolute Gasteiger partial charge is 0.508 e. The third kappa shape index (κ3) is 2.70. The first-order valence-corrected chi connectivity index (χ1v) is 6.63. The number of nitrogens with one attached hydrogen (secondary N) is 1. The normalized spacial score (nSPS) is 14.2. The van der Waals surface area contributed by atoms with E-state index in [1.54, 1.807) is 12.1 Å². The second-order valence-corrected chi connectivity index (χ2v) is 4.89. The molecular weight excluding hydrogens is 254 g/mol. The van der Waals surface area contributed by atoms with Crippen LogP contribution in [0.4, 0.5) is 0 Å². The van der Waals surface area contributed by atoms with Crippen molar-refractivity contribution in [2.24, 2.45) is 0 Å². The van der Waals surface area contributed by atoms with Crippen molar-refractivity contribution >= 4 is 0 Å². The monoisotopic (exact) mass is 271 g/mol. The molecule has 1 unspecified atom stereocenters. The maximum absolute atomic E-state index is 9.44. The smallest absolute Gasteiger partial charge is 0.231 e. The molecule has 104 valence electrons. The van der Waals surface area contributed by atoms with E-state index in [0.717, 1.165) is 22.6 Å². The lowest BCUT2D eigenvalue weighted by molar-refractivity contribution is 0.174. The van der Waals surface area contributed by atoms with Gasteiger partial charge in [0.25, 0.3) is 0 Å². The zero-order chi connectivity index (χ0) is 13.9. The molecule has 0 saturated carbocycles. The van der Waals surface area contributed by atoms with Crippen LogP contribution in [-0.2, 0) is 6.54 Å². The first-order valence-electron chi connectivity index (χ1n) is 6.63. The zero-order valence-corrected chi connectivity index (χ0v) is 11.3. The molecule has 0 aromatic heterocycles. The van der Waals surface area contributed by atoms with Gasteiger partial charge >= 0.3 is 0 Å². The highest BCUT2D eigenvalue weighted by atomic mass is 16.7. The number of aromatic hydroxyl groups is 1. The van der Waals surface area contributed by atoms with E-state index in [1.165, 1.54) is 0 Å². The number of hydrogen-bond acceptors (Lipinski definition) is 4. The second-order valence-electron chi connectivity index (χ2n) is 4.89. The standard InChI is InChI=1S/C16H17NO3/c1-11(17-9-12-3-2-4-14(18)7-12)13-5-6-15-16(8-13)20-10-19-15/h2-8,11,17-18H,9-10H2,1H3. The average molecular weight is 271 g/mol. The van der Waals surface area contributed by atoms with Gasteiger partial charge in [0, 0.05) is 12.6 Å². The van der Waals surface area contributed by atoms with E-state index in [1.807, 2.05) is 30.3 Å². The zero-order valence-electron chi connectivity index (χ0n) is 11.3. The Morgan fingerprint density at radius 2 is 2.00 bits per heavy atom. The van der Waals surface area contributed by atoms with E-state index in [2.05, 4.69) is 12.2 Å². The molecule has 0 radical (unpaired) electrons. The Bertz CT molecular complexity index is 612. The van der Waals surface area contributed by atoms with Gasteiger partial charge in [-0.15, -0.1) is 0 Å². The fraction of sp³-hybridized carbons (Fsp3) is 0.250. The number of benzene rings is 2. The van der Waals surface area contributed by atoms with Crippen LogP contribution in [0, 0.1) is 0 Å². The van der Waals surface area contributed by atoms with Crippen molar-refractivity contribution in [1.82, 2.24) is 5.32 Å². The molecule has 1 atom stereocenters. The highest BCUT2D eigenvalue weighted by molar-refractivity contribution is 5.45. The van der Waals surface area contributed by atoms with Gasteiger partial charge in [0.15, 0.2) is 11.5 Å². The first-order chi connectivity index (χ1) is 9.72. The second kappa shape index (κ2) is 5.43. The molecule has 1 aliphatic heterocycles. The molecule has 2 N–H and O–H groups in total. The molecule has 1 aliphatic rings. The van der Waals surface area contributed by atoms with E-state index in [0.29, 0.717) is 19.1 Å². The minimum Gasteiger partial charge on any atom is -0.508 e. The summed E-state index contributed by atoms with van der Waals surface area (Å²) in [5, 5.41) is 12.9. The summed E-state index contributed by atoms with van der Waals surface area (Å²) in [6.45, 7) is 3.09. The predicted molar refractivity (Wildman–Crippen MR) is 75.9 cm³/mol. The summed E-state index contributed by atoms with van der Waals surface area (Å²) >= 11 is 0. The Morgan fingerprint density at radius 1 is 1.15 bits per heavy atom. The summed E-state index contributed by atoms with van der Waals surface area (Å²) < 4.78 is 10.7. The molecule has 0 bridgehead atoms. The van der Waals surface area contributed by atoms with Crippen LogP contribution in [0.15, 0.2) is 42.5 Å². The van der Waals surface area contributed by atoms with Crippen LogP contribution in [0.1, 0.15) is 24.1 Å². The number of rotatable bonds is 4. The molecule has 2 aromatic rings. The summed E-state index contributed by atoms with van der Waals surface area (Å²) in [5.41, 5.74) is 2.20. The molecule has 2 aromatic carbocycles. The summed E-state index contributed by atoms with van der Waals surface area (Å²) in [7, 11) is 0. The maximum Gasteiger partial charge on any atom is 0.231 e. The van der Waals surface area contributed by atoms with Crippen molar-refractivity contribution in [3.63, 3.8) is 0 Å². The lowest BCUT2D eigenvalue weighted by atomic mass is 10.1. The molecule has 4 heteroatoms. The minimum atomic E-state index is 0.187. The number of phenolic OH excluding ortho intramolecular Hbond substituents is 1. The Labute approximate surface area is 118 Å². The summed E-state index contributed by atoms with van der Waals surface area (Å²) in [5.74, 6) is 1.89. The SMILES string of the molecule is CC(NCc1cccc(O)c1)c1ccc2c(c1)OCO2. The highest BCUT2D eigenvalue weighted by Gasteiger charge is 2.15. The van der Waals surface area contributed by atoms with Gasteiger partial charge in [0.2, 0.25) is 6.79 Å². The van der Waals surface area contributed by atoms with Gasteiger partial charge < -0.3 is 19.9 Å². The molecule has 3 rings (SSSR count). The molecule has 0 spiro atoms. The Hall–Kier alpha value is -2.20. The van der Waals surface area contributed by atoms with E-state index in [9.17, 15) is 5.11 Å². The number of phenols is 1. The molecule has 4 nitrogen and oxygen atoms in total. The first kappa shape index (κ1) is 12.8. The van der Waals surface area contributed by atoms with Gasteiger partial charge in [-0.25, -0.2) is 0 Å². The van der Waals surface area contributed by atoms with Crippen molar-refractivity contribution in [3.8, 4) is 17.2 Å². The number of fused-ring (bicyclic) bond motifs is 1. The molecule has 0 fully saturated rings. The highest BCUT2D eigenvalue weighted by Crippen LogP contribution is 2.34. The van der Waals surface area contributed by atoms with E-state index in [4.69, 9.17) is 9.47 Å². The van der Waals surface area contributed by atoms with Gasteiger partial charge in [-0.05, 0) is 42.3 Å². The molecule has 1 heterocycles. The van der Waals surface area contributed by atoms with Crippen LogP contribution >= 0.6 is 0 Å². The Morgan fingerprint density at radius 3 is 2.85 bits per heavy atom. The predicted octanol–water partition coefficient (Wildman–Crippen LogP) is 2.97. The molecular formula is C16H17NO3. The lowest BCUT2D eigenvalue weighted by Crippen LogP contribution is -2.17. The fourth-order valence-electron chi connectivity index (χ4n) is 2.24. The van der Waals surface area contributed by atoms with Crippen molar-refractivity contribution in [3.05, 3.63) is 53.6 Å². The maximum atomic E-state index is 9.44. The van der Waals surface area contributed by atoms with Crippen LogP contribution in [0.5, 0.6) is 17.2 Å². The van der Waals surface area contributed by atoms with Crippen LogP contribution in [-0.4, -0.2) is 11.9 Å². The quantitative estimate of drug-likeness (QED) is 0.897. The summed E-state index contributed by atoms with van der Waals surface area (Å²) in [6, 6.07) is 13.4. The van der Waals surface area contributed by atoms with Crippen LogP contribution in [0.3, 0.4) is 0 Å². The van der Waals surface area contributed by atoms with Crippen LogP contribution < -0.4 is 14.8 Å². The van der Waals surface area contributed by atoms with Crippen LogP contribution in [0.25, 0.3) is 0 Å². The lowest BCUT2D eigenvalue weighted by Gasteiger charge is -2.15. The van der Waals surface area contributed by atoms with Crippen molar-refractivity contribution in [2.45, 2.75) is 19.5 Å². The average Bonchev–Trinajstić information content (AvgIpc) is 2.92. The molecule has 0 amide bonds. The van der Waals surface area contributed by atoms with Crippen molar-refractivity contribution in [2.75, 3.05) is 6.79 Å². The Balaban J connectivity index is 1.66. The molecule has 0 aliphatic carbocycles. The van der Waals surface area contributed by atoms with Crippen LogP contribution in [0.2, 0.25) is 0 Å². The van der Waals surface area contributed by atoms with E-state index < -0.39 is 0 Å². The third-order valence-electron chi connectivity index (χ3n) is 3.42. The Kier molecular flexibility index (Phi) is 3.48. The summed E-state index contributed by atoms with van der Waals surface area (Å²) in [4.78, 5) is 0. The van der Waals surface area contributed by atoms with Gasteiger partial charge in [-0.3, -0.25) is 0 Å². The van der Waals surface area contributed by atoms with Gasteiger partial charge in [0.05, 0.1) is 0 Å². The van der Waals surface area contributed by atoms with Gasteiger partial charge in [-0.1, -0.05) is 18.2 Å². The van der Waals surface area contributed by atoms with Crippen molar-refractivity contribution in [1.29, 1.82) is 0 Å². The number of ether oxygens (including phenoxy) is 2. The number of hydrogen-bond donors (Lipinski definition) is 2. The molecule has 20 heavy (non-hydrogen) atoms. The minimum absolute atomic E-state index is 0.187. The molecule has 0 saturated heterocycles. The summed E-state index contributed by atoms with van der Waals surface area (Å²) in [6.07, 6.45) is 0. The van der Waals surface area contributed by atoms with E-state index >= 15 is 0 Å².